The van der Waals surface area contributed by atoms with Crippen LogP contribution in [0.1, 0.15) is 18.5 Å². The number of hydrogen-bond donors (Lipinski definition) is 2. The molecule has 1 unspecified atom stereocenters. The van der Waals surface area contributed by atoms with Gasteiger partial charge < -0.3 is 15.1 Å². The first kappa shape index (κ1) is 16.0. The van der Waals surface area contributed by atoms with Crippen LogP contribution >= 0.6 is 11.6 Å². The Morgan fingerprint density at radius 2 is 2.13 bits per heavy atom. The van der Waals surface area contributed by atoms with Crippen molar-refractivity contribution < 1.29 is 9.21 Å². The third-order valence-electron chi connectivity index (χ3n) is 4.29. The molecule has 0 bridgehead atoms. The van der Waals surface area contributed by atoms with E-state index in [1.807, 2.05) is 38.1 Å². The van der Waals surface area contributed by atoms with Gasteiger partial charge in [-0.2, -0.15) is 0 Å². The highest BCUT2D eigenvalue weighted by molar-refractivity contribution is 6.30. The van der Waals surface area contributed by atoms with Gasteiger partial charge in [-0.1, -0.05) is 18.5 Å². The molecule has 2 heterocycles. The first-order chi connectivity index (χ1) is 11.0. The number of aromatic nitrogens is 1. The molecule has 0 radical (unpaired) electrons. The van der Waals surface area contributed by atoms with Gasteiger partial charge in [0.05, 0.1) is 12.2 Å². The van der Waals surface area contributed by atoms with E-state index in [0.717, 1.165) is 24.3 Å². The van der Waals surface area contributed by atoms with Crippen molar-refractivity contribution in [1.29, 1.82) is 0 Å². The summed E-state index contributed by atoms with van der Waals surface area (Å²) in [5, 5.41) is 6.77. The molecule has 1 aromatic carbocycles. The van der Waals surface area contributed by atoms with Gasteiger partial charge in [-0.3, -0.25) is 4.79 Å². The van der Waals surface area contributed by atoms with Gasteiger partial charge in [-0.15, -0.1) is 0 Å². The number of rotatable bonds is 5. The van der Waals surface area contributed by atoms with Gasteiger partial charge in [-0.25, -0.2) is 4.98 Å². The van der Waals surface area contributed by atoms with Gasteiger partial charge in [0.25, 0.3) is 0 Å². The van der Waals surface area contributed by atoms with Crippen molar-refractivity contribution in [2.24, 2.45) is 11.8 Å². The molecule has 2 N–H and O–H groups in total. The van der Waals surface area contributed by atoms with Crippen molar-refractivity contribution in [2.45, 2.75) is 20.4 Å². The van der Waals surface area contributed by atoms with Gasteiger partial charge in [0, 0.05) is 16.5 Å². The number of nitrogens with zero attached hydrogens (tertiary/aromatic N) is 1. The summed E-state index contributed by atoms with van der Waals surface area (Å²) in [7, 11) is 0. The van der Waals surface area contributed by atoms with Crippen LogP contribution in [0.25, 0.3) is 11.3 Å². The largest absolute Gasteiger partial charge is 0.438 e. The first-order valence-corrected chi connectivity index (χ1v) is 8.13. The van der Waals surface area contributed by atoms with E-state index in [9.17, 15) is 4.79 Å². The number of oxazole rings is 1. The van der Waals surface area contributed by atoms with Gasteiger partial charge in [0.1, 0.15) is 0 Å². The normalized spacial score (nSPS) is 16.0. The molecule has 1 aromatic heterocycles. The Labute approximate surface area is 140 Å². The quantitative estimate of drug-likeness (QED) is 0.883. The van der Waals surface area contributed by atoms with E-state index in [2.05, 4.69) is 15.6 Å². The van der Waals surface area contributed by atoms with Crippen LogP contribution in [0, 0.1) is 18.8 Å². The third-order valence-corrected chi connectivity index (χ3v) is 4.55. The number of benzene rings is 1. The summed E-state index contributed by atoms with van der Waals surface area (Å²) in [5.41, 5.74) is 1.72. The fraction of sp³-hybridized carbons (Fsp3) is 0.412. The van der Waals surface area contributed by atoms with Crippen molar-refractivity contribution in [3.8, 4) is 11.3 Å². The Morgan fingerprint density at radius 1 is 1.43 bits per heavy atom. The zero-order chi connectivity index (χ0) is 16.4. The van der Waals surface area contributed by atoms with E-state index >= 15 is 0 Å². The van der Waals surface area contributed by atoms with Crippen LogP contribution in [-0.2, 0) is 11.3 Å². The van der Waals surface area contributed by atoms with E-state index in [1.54, 1.807) is 0 Å². The number of hydrogen-bond acceptors (Lipinski definition) is 4. The second kappa shape index (κ2) is 6.72. The second-order valence-electron chi connectivity index (χ2n) is 5.95. The van der Waals surface area contributed by atoms with E-state index in [4.69, 9.17) is 16.0 Å². The van der Waals surface area contributed by atoms with Gasteiger partial charge in [-0.05, 0) is 50.2 Å². The Kier molecular flexibility index (Phi) is 4.68. The minimum absolute atomic E-state index is 0.00282. The topological polar surface area (TPSA) is 67.2 Å². The molecule has 1 atom stereocenters. The summed E-state index contributed by atoms with van der Waals surface area (Å²) in [6, 6.07) is 7.41. The SMILES string of the molecule is Cc1nc(CNC(=O)C(C)C2CNC2)oc1-c1ccc(Cl)cc1. The third kappa shape index (κ3) is 3.57. The summed E-state index contributed by atoms with van der Waals surface area (Å²) in [5.74, 6) is 1.69. The number of aryl methyl sites for hydroxylation is 1. The van der Waals surface area contributed by atoms with Crippen molar-refractivity contribution in [2.75, 3.05) is 13.1 Å². The predicted octanol–water partition coefficient (Wildman–Crippen LogP) is 2.78. The molecule has 23 heavy (non-hydrogen) atoms. The molecule has 1 saturated heterocycles. The molecular formula is C17H20ClN3O2. The minimum atomic E-state index is 0.00282. The van der Waals surface area contributed by atoms with Crippen LogP contribution in [0.5, 0.6) is 0 Å². The molecule has 0 aliphatic carbocycles. The van der Waals surface area contributed by atoms with Crippen LogP contribution < -0.4 is 10.6 Å². The maximum atomic E-state index is 12.1. The Hall–Kier alpha value is -1.85. The minimum Gasteiger partial charge on any atom is -0.438 e. The summed E-state index contributed by atoms with van der Waals surface area (Å²) >= 11 is 5.90. The molecule has 0 spiro atoms. The van der Waals surface area contributed by atoms with Gasteiger partial charge in [0.2, 0.25) is 11.8 Å². The van der Waals surface area contributed by atoms with Crippen LogP contribution in [0.2, 0.25) is 5.02 Å². The summed E-state index contributed by atoms with van der Waals surface area (Å²) in [4.78, 5) is 16.5. The lowest BCUT2D eigenvalue weighted by molar-refractivity contribution is -0.127. The smallest absolute Gasteiger partial charge is 0.223 e. The highest BCUT2D eigenvalue weighted by Crippen LogP contribution is 2.26. The summed E-state index contributed by atoms with van der Waals surface area (Å²) < 4.78 is 5.79. The summed E-state index contributed by atoms with van der Waals surface area (Å²) in [6.07, 6.45) is 0. The van der Waals surface area contributed by atoms with Crippen LogP contribution in [0.15, 0.2) is 28.7 Å². The molecule has 1 fully saturated rings. The lowest BCUT2D eigenvalue weighted by atomic mass is 9.88. The van der Waals surface area contributed by atoms with Crippen LogP contribution in [0.3, 0.4) is 0 Å². The number of nitrogens with one attached hydrogen (secondary N) is 2. The Balaban J connectivity index is 1.64. The monoisotopic (exact) mass is 333 g/mol. The number of carbonyl (C=O) groups excluding carboxylic acids is 1. The van der Waals surface area contributed by atoms with E-state index in [1.165, 1.54) is 0 Å². The van der Waals surface area contributed by atoms with E-state index in [-0.39, 0.29) is 11.8 Å². The zero-order valence-corrected chi connectivity index (χ0v) is 14.0. The molecule has 5 nitrogen and oxygen atoms in total. The summed E-state index contributed by atoms with van der Waals surface area (Å²) in [6.45, 7) is 5.97. The van der Waals surface area contributed by atoms with Crippen molar-refractivity contribution in [3.63, 3.8) is 0 Å². The molecule has 0 saturated carbocycles. The average molecular weight is 334 g/mol. The highest BCUT2D eigenvalue weighted by atomic mass is 35.5. The molecule has 122 valence electrons. The molecule has 1 aliphatic rings. The lowest BCUT2D eigenvalue weighted by Gasteiger charge is -2.31. The fourth-order valence-corrected chi connectivity index (χ4v) is 2.73. The van der Waals surface area contributed by atoms with Crippen molar-refractivity contribution in [3.05, 3.63) is 40.9 Å². The van der Waals surface area contributed by atoms with E-state index in [0.29, 0.717) is 29.1 Å². The molecule has 1 amide bonds. The first-order valence-electron chi connectivity index (χ1n) is 7.75. The van der Waals surface area contributed by atoms with Crippen LogP contribution in [0.4, 0.5) is 0 Å². The predicted molar refractivity (Wildman–Crippen MR) is 89.1 cm³/mol. The second-order valence-corrected chi connectivity index (χ2v) is 6.39. The Morgan fingerprint density at radius 3 is 2.74 bits per heavy atom. The maximum absolute atomic E-state index is 12.1. The highest BCUT2D eigenvalue weighted by Gasteiger charge is 2.28. The molecule has 2 aromatic rings. The lowest BCUT2D eigenvalue weighted by Crippen LogP contribution is -2.49. The number of carbonyl (C=O) groups is 1. The molecule has 6 heteroatoms. The number of amides is 1. The fourth-order valence-electron chi connectivity index (χ4n) is 2.60. The van der Waals surface area contributed by atoms with E-state index < -0.39 is 0 Å². The zero-order valence-electron chi connectivity index (χ0n) is 13.2. The van der Waals surface area contributed by atoms with Gasteiger partial charge in [0.15, 0.2) is 5.76 Å². The van der Waals surface area contributed by atoms with Crippen molar-refractivity contribution in [1.82, 2.24) is 15.6 Å². The molecule has 3 rings (SSSR count). The van der Waals surface area contributed by atoms with Gasteiger partial charge >= 0.3 is 0 Å². The van der Waals surface area contributed by atoms with Crippen LogP contribution in [-0.4, -0.2) is 24.0 Å². The number of halogens is 1. The molecular weight excluding hydrogens is 314 g/mol. The Bertz CT molecular complexity index is 692. The average Bonchev–Trinajstić information content (AvgIpc) is 2.85. The molecule has 1 aliphatic heterocycles. The standard InChI is InChI=1S/C17H20ClN3O2/c1-10(13-7-19-8-13)17(22)20-9-15-21-11(2)16(23-15)12-3-5-14(18)6-4-12/h3-6,10,13,19H,7-9H2,1-2H3,(H,20,22). The van der Waals surface area contributed by atoms with Crippen molar-refractivity contribution >= 4 is 17.5 Å². The maximum Gasteiger partial charge on any atom is 0.223 e.